The first kappa shape index (κ1) is 41.8. The van der Waals surface area contributed by atoms with Crippen LogP contribution in [0.2, 0.25) is 0 Å². The van der Waals surface area contributed by atoms with Crippen LogP contribution in [-0.4, -0.2) is 80.6 Å². The van der Waals surface area contributed by atoms with Crippen molar-refractivity contribution in [1.82, 2.24) is 0 Å². The number of quaternary nitrogens is 1. The fourth-order valence-corrected chi connectivity index (χ4v) is 4.82. The van der Waals surface area contributed by atoms with Crippen molar-refractivity contribution >= 4 is 17.9 Å². The average Bonchev–Trinajstić information content (AvgIpc) is 2.96. The first-order chi connectivity index (χ1) is 21.1. The number of rotatable bonds is 30. The fourth-order valence-electron chi connectivity index (χ4n) is 4.82. The van der Waals surface area contributed by atoms with Gasteiger partial charge in [0.2, 0.25) is 0 Å². The molecule has 2 unspecified atom stereocenters. The lowest BCUT2D eigenvalue weighted by Crippen LogP contribution is -2.50. The zero-order valence-electron chi connectivity index (χ0n) is 28.9. The van der Waals surface area contributed by atoms with Crippen LogP contribution < -0.4 is 0 Å². The van der Waals surface area contributed by atoms with Crippen molar-refractivity contribution < 1.29 is 38.2 Å². The van der Waals surface area contributed by atoms with Crippen molar-refractivity contribution in [2.75, 3.05) is 41.0 Å². The number of aliphatic carboxylic acids is 1. The highest BCUT2D eigenvalue weighted by atomic mass is 16.6. The van der Waals surface area contributed by atoms with E-state index in [1.165, 1.54) is 51.4 Å². The van der Waals surface area contributed by atoms with Gasteiger partial charge in [-0.25, -0.2) is 4.79 Å². The molecule has 0 aromatic carbocycles. The van der Waals surface area contributed by atoms with Gasteiger partial charge in [0.25, 0.3) is 0 Å². The molecule has 0 aromatic rings. The van der Waals surface area contributed by atoms with Crippen molar-refractivity contribution in [3.05, 3.63) is 24.3 Å². The molecular formula is C36H66NO7+. The number of nitrogens with zero attached hydrogens (tertiary/aromatic N) is 1. The van der Waals surface area contributed by atoms with Gasteiger partial charge in [-0.15, -0.1) is 0 Å². The van der Waals surface area contributed by atoms with E-state index in [9.17, 15) is 19.5 Å². The molecule has 1 N–H and O–H groups in total. The molecule has 8 nitrogen and oxygen atoms in total. The highest BCUT2D eigenvalue weighted by Gasteiger charge is 2.31. The molecular weight excluding hydrogens is 558 g/mol. The van der Waals surface area contributed by atoms with Gasteiger partial charge in [0, 0.05) is 19.3 Å². The largest absolute Gasteiger partial charge is 0.477 e. The van der Waals surface area contributed by atoms with Crippen LogP contribution in [0.25, 0.3) is 0 Å². The van der Waals surface area contributed by atoms with Crippen LogP contribution in [0.15, 0.2) is 24.3 Å². The molecule has 0 aliphatic rings. The molecule has 0 radical (unpaired) electrons. The highest BCUT2D eigenvalue weighted by molar-refractivity contribution is 5.72. The Hall–Kier alpha value is -2.19. The van der Waals surface area contributed by atoms with E-state index in [0.717, 1.165) is 51.4 Å². The molecule has 0 aliphatic heterocycles. The number of unbranched alkanes of at least 4 members (excludes halogenated alkanes) is 12. The third kappa shape index (κ3) is 26.2. The van der Waals surface area contributed by atoms with Crippen LogP contribution in [-0.2, 0) is 28.6 Å². The Morgan fingerprint density at radius 3 is 1.80 bits per heavy atom. The topological polar surface area (TPSA) is 99.1 Å². The molecule has 2 atom stereocenters. The van der Waals surface area contributed by atoms with Gasteiger partial charge in [0.1, 0.15) is 6.61 Å². The number of carboxylic acids is 1. The minimum absolute atomic E-state index is 0.0562. The summed E-state index contributed by atoms with van der Waals surface area (Å²) in [6, 6.07) is -0.610. The van der Waals surface area contributed by atoms with Crippen LogP contribution in [0, 0.1) is 0 Å². The molecule has 0 amide bonds. The van der Waals surface area contributed by atoms with Gasteiger partial charge in [-0.2, -0.15) is 0 Å². The molecule has 0 spiro atoms. The summed E-state index contributed by atoms with van der Waals surface area (Å²) in [6.07, 6.45) is 27.1. The molecule has 0 saturated heterocycles. The van der Waals surface area contributed by atoms with Crippen LogP contribution in [0.3, 0.4) is 0 Å². The maximum Gasteiger partial charge on any atom is 0.362 e. The number of hydrogen-bond donors (Lipinski definition) is 1. The van der Waals surface area contributed by atoms with Gasteiger partial charge in [-0.3, -0.25) is 9.59 Å². The molecule has 0 heterocycles. The van der Waals surface area contributed by atoms with Crippen molar-refractivity contribution in [3.63, 3.8) is 0 Å². The zero-order valence-corrected chi connectivity index (χ0v) is 28.9. The van der Waals surface area contributed by atoms with E-state index >= 15 is 0 Å². The number of allylic oxidation sites excluding steroid dienone is 4. The lowest BCUT2D eigenvalue weighted by Gasteiger charge is -2.31. The second kappa shape index (κ2) is 28.3. The summed E-state index contributed by atoms with van der Waals surface area (Å²) in [6.45, 7) is 4.51. The molecule has 8 heteroatoms. The Labute approximate surface area is 269 Å². The molecule has 0 aliphatic carbocycles. The smallest absolute Gasteiger partial charge is 0.362 e. The fraction of sp³-hybridized carbons (Fsp3) is 0.806. The van der Waals surface area contributed by atoms with E-state index in [2.05, 4.69) is 38.2 Å². The van der Waals surface area contributed by atoms with E-state index in [1.807, 2.05) is 21.1 Å². The Bertz CT molecular complexity index is 788. The van der Waals surface area contributed by atoms with E-state index in [4.69, 9.17) is 14.2 Å². The van der Waals surface area contributed by atoms with Gasteiger partial charge in [-0.05, 0) is 44.9 Å². The normalized spacial score (nSPS) is 13.4. The standard InChI is InChI=1S/C36H65NO7/c1-6-8-10-11-12-13-14-15-16-17-18-19-20-21-22-23-25-27-35(39)44-32(31-43-34(38)26-24-9-7-2)30-42-29-28-33(36(40)41)37(3,4)5/h12-13,15-16,32-33H,6-11,14,17-31H2,1-5H3/p+1/b13-12-,16-15-. The summed E-state index contributed by atoms with van der Waals surface area (Å²) >= 11 is 0. The number of ether oxygens (including phenoxy) is 3. The highest BCUT2D eigenvalue weighted by Crippen LogP contribution is 2.13. The lowest BCUT2D eigenvalue weighted by atomic mass is 10.1. The van der Waals surface area contributed by atoms with E-state index in [1.54, 1.807) is 0 Å². The van der Waals surface area contributed by atoms with Crippen LogP contribution in [0.1, 0.15) is 136 Å². The summed E-state index contributed by atoms with van der Waals surface area (Å²) in [7, 11) is 5.49. The predicted molar refractivity (Wildman–Crippen MR) is 178 cm³/mol. The summed E-state index contributed by atoms with van der Waals surface area (Å²) in [4.78, 5) is 36.2. The molecule has 44 heavy (non-hydrogen) atoms. The van der Waals surface area contributed by atoms with Crippen molar-refractivity contribution in [2.24, 2.45) is 0 Å². The van der Waals surface area contributed by atoms with E-state index in [-0.39, 0.29) is 36.2 Å². The second-order valence-electron chi connectivity index (χ2n) is 12.8. The predicted octanol–water partition coefficient (Wildman–Crippen LogP) is 8.18. The number of carboxylic acid groups (broad SMARTS) is 1. The number of carbonyl (C=O) groups is 3. The van der Waals surface area contributed by atoms with Gasteiger partial charge in [0.15, 0.2) is 12.1 Å². The van der Waals surface area contributed by atoms with Crippen LogP contribution in [0.5, 0.6) is 0 Å². The first-order valence-electron chi connectivity index (χ1n) is 17.4. The Kier molecular flexibility index (Phi) is 26.9. The number of esters is 2. The molecule has 0 rings (SSSR count). The van der Waals surface area contributed by atoms with Crippen molar-refractivity contribution in [2.45, 2.75) is 148 Å². The SMILES string of the molecule is CCCCC/C=C\C/C=C\CCCCCCCCCC(=O)OC(COCCC(C(=O)O)[N+](C)(C)C)COC(=O)CCCCC. The number of likely N-dealkylation sites (N-methyl/N-ethyl adjacent to an activating group) is 1. The van der Waals surface area contributed by atoms with Gasteiger partial charge in [0.05, 0.1) is 34.4 Å². The Morgan fingerprint density at radius 2 is 1.20 bits per heavy atom. The zero-order chi connectivity index (χ0) is 32.9. The second-order valence-corrected chi connectivity index (χ2v) is 12.8. The molecule has 256 valence electrons. The van der Waals surface area contributed by atoms with Crippen molar-refractivity contribution in [1.29, 1.82) is 0 Å². The third-order valence-electron chi connectivity index (χ3n) is 7.60. The quantitative estimate of drug-likeness (QED) is 0.0372. The third-order valence-corrected chi connectivity index (χ3v) is 7.60. The summed E-state index contributed by atoms with van der Waals surface area (Å²) in [5, 5.41) is 9.51. The Balaban J connectivity index is 4.24. The van der Waals surface area contributed by atoms with Gasteiger partial charge in [-0.1, -0.05) is 95.9 Å². The summed E-state index contributed by atoms with van der Waals surface area (Å²) in [5.74, 6) is -1.51. The van der Waals surface area contributed by atoms with E-state index in [0.29, 0.717) is 19.3 Å². The maximum absolute atomic E-state index is 12.5. The minimum Gasteiger partial charge on any atom is -0.477 e. The first-order valence-corrected chi connectivity index (χ1v) is 17.4. The maximum atomic E-state index is 12.5. The van der Waals surface area contributed by atoms with E-state index < -0.39 is 18.1 Å². The monoisotopic (exact) mass is 624 g/mol. The minimum atomic E-state index is -0.880. The summed E-state index contributed by atoms with van der Waals surface area (Å²) < 4.78 is 16.9. The summed E-state index contributed by atoms with van der Waals surface area (Å²) in [5.41, 5.74) is 0. The van der Waals surface area contributed by atoms with Gasteiger partial charge < -0.3 is 23.8 Å². The number of carbonyl (C=O) groups excluding carboxylic acids is 2. The number of hydrogen-bond acceptors (Lipinski definition) is 6. The lowest BCUT2D eigenvalue weighted by molar-refractivity contribution is -0.887. The molecule has 0 bridgehead atoms. The Morgan fingerprint density at radius 1 is 0.682 bits per heavy atom. The molecule has 0 aromatic heterocycles. The van der Waals surface area contributed by atoms with Crippen molar-refractivity contribution in [3.8, 4) is 0 Å². The average molecular weight is 625 g/mol. The molecule has 0 fully saturated rings. The molecule has 0 saturated carbocycles. The van der Waals surface area contributed by atoms with Crippen LogP contribution >= 0.6 is 0 Å². The van der Waals surface area contributed by atoms with Gasteiger partial charge >= 0.3 is 17.9 Å². The van der Waals surface area contributed by atoms with Crippen LogP contribution in [0.4, 0.5) is 0 Å².